The molecule has 2 unspecified atom stereocenters. The Labute approximate surface area is 147 Å². The lowest BCUT2D eigenvalue weighted by Gasteiger charge is -2.38. The lowest BCUT2D eigenvalue weighted by molar-refractivity contribution is 0.255. The maximum atomic E-state index is 6.17. The van der Waals surface area contributed by atoms with E-state index in [1.807, 2.05) is 36.4 Å². The molecule has 124 valence electrons. The molecule has 4 rings (SSSR count). The van der Waals surface area contributed by atoms with Crippen molar-refractivity contribution in [1.82, 2.24) is 10.2 Å². The van der Waals surface area contributed by atoms with Gasteiger partial charge in [-0.05, 0) is 44.2 Å². The standard InChI is InChI=1S/C19H20ClN3O/c1-12-10-23(11-13(2)21-12)19-15-5-3-4-6-17(15)24-18-8-7-14(20)9-16(18)22-19/h3-9,12-13,21H,10-11H2,1-2H3. The molecule has 4 nitrogen and oxygen atoms in total. The normalized spacial score (nSPS) is 22.8. The summed E-state index contributed by atoms with van der Waals surface area (Å²) in [6.45, 7) is 6.22. The first kappa shape index (κ1) is 15.5. The van der Waals surface area contributed by atoms with Crippen LogP contribution in [0.4, 0.5) is 5.69 Å². The van der Waals surface area contributed by atoms with Gasteiger partial charge in [-0.15, -0.1) is 0 Å². The Hall–Kier alpha value is -2.04. The molecule has 0 bridgehead atoms. The van der Waals surface area contributed by atoms with Gasteiger partial charge >= 0.3 is 0 Å². The van der Waals surface area contributed by atoms with Gasteiger partial charge in [0.25, 0.3) is 0 Å². The van der Waals surface area contributed by atoms with Crippen molar-refractivity contribution in [2.24, 2.45) is 4.99 Å². The van der Waals surface area contributed by atoms with E-state index < -0.39 is 0 Å². The number of nitrogens with zero attached hydrogens (tertiary/aromatic N) is 2. The number of para-hydroxylation sites is 1. The fraction of sp³-hybridized carbons (Fsp3) is 0.316. The van der Waals surface area contributed by atoms with Crippen LogP contribution in [0.2, 0.25) is 5.02 Å². The van der Waals surface area contributed by atoms with Gasteiger partial charge in [0.15, 0.2) is 5.75 Å². The topological polar surface area (TPSA) is 36.9 Å². The van der Waals surface area contributed by atoms with Crippen LogP contribution in [0.1, 0.15) is 19.4 Å². The molecular formula is C19H20ClN3O. The fourth-order valence-corrected chi connectivity index (χ4v) is 3.60. The summed E-state index contributed by atoms with van der Waals surface area (Å²) in [5.41, 5.74) is 1.79. The number of fused-ring (bicyclic) bond motifs is 2. The summed E-state index contributed by atoms with van der Waals surface area (Å²) in [5, 5.41) is 4.23. The number of aliphatic imine (C=N–C) groups is 1. The van der Waals surface area contributed by atoms with Crippen molar-refractivity contribution in [3.63, 3.8) is 0 Å². The second-order valence-electron chi connectivity index (χ2n) is 6.52. The highest BCUT2D eigenvalue weighted by Crippen LogP contribution is 2.39. The molecule has 0 saturated carbocycles. The van der Waals surface area contributed by atoms with E-state index in [0.717, 1.165) is 41.7 Å². The van der Waals surface area contributed by atoms with Crippen molar-refractivity contribution >= 4 is 23.1 Å². The molecule has 0 amide bonds. The SMILES string of the molecule is CC1CN(C2=Nc3cc(Cl)ccc3Oc3ccccc32)CC(C)N1. The molecule has 1 N–H and O–H groups in total. The predicted octanol–water partition coefficient (Wildman–Crippen LogP) is 4.21. The first-order valence-corrected chi connectivity index (χ1v) is 8.64. The van der Waals surface area contributed by atoms with Gasteiger partial charge in [0.2, 0.25) is 0 Å². The zero-order chi connectivity index (χ0) is 16.7. The Balaban J connectivity index is 1.85. The minimum atomic E-state index is 0.409. The highest BCUT2D eigenvalue weighted by atomic mass is 35.5. The highest BCUT2D eigenvalue weighted by molar-refractivity contribution is 6.31. The van der Waals surface area contributed by atoms with Crippen LogP contribution < -0.4 is 10.1 Å². The van der Waals surface area contributed by atoms with Gasteiger partial charge in [0.05, 0.1) is 5.56 Å². The van der Waals surface area contributed by atoms with Crippen molar-refractivity contribution in [3.05, 3.63) is 53.1 Å². The van der Waals surface area contributed by atoms with Gasteiger partial charge < -0.3 is 15.0 Å². The van der Waals surface area contributed by atoms with Crippen LogP contribution >= 0.6 is 11.6 Å². The maximum Gasteiger partial charge on any atom is 0.153 e. The molecule has 2 aromatic carbocycles. The molecule has 2 atom stereocenters. The van der Waals surface area contributed by atoms with Crippen molar-refractivity contribution < 1.29 is 4.74 Å². The van der Waals surface area contributed by atoms with E-state index in [1.165, 1.54) is 0 Å². The number of nitrogens with one attached hydrogen (secondary N) is 1. The van der Waals surface area contributed by atoms with E-state index in [4.69, 9.17) is 21.3 Å². The third-order valence-corrected chi connectivity index (χ3v) is 4.59. The van der Waals surface area contributed by atoms with E-state index in [9.17, 15) is 0 Å². The lowest BCUT2D eigenvalue weighted by atomic mass is 10.1. The summed E-state index contributed by atoms with van der Waals surface area (Å²) in [6.07, 6.45) is 0. The Morgan fingerprint density at radius 3 is 2.62 bits per heavy atom. The Bertz CT molecular complexity index is 795. The van der Waals surface area contributed by atoms with Gasteiger partial charge in [0, 0.05) is 30.2 Å². The van der Waals surface area contributed by atoms with Crippen LogP contribution in [0.15, 0.2) is 47.5 Å². The number of piperazine rings is 1. The van der Waals surface area contributed by atoms with Crippen LogP contribution in [0.5, 0.6) is 11.5 Å². The Morgan fingerprint density at radius 2 is 1.83 bits per heavy atom. The van der Waals surface area contributed by atoms with Crippen molar-refractivity contribution in [3.8, 4) is 11.5 Å². The fourth-order valence-electron chi connectivity index (χ4n) is 3.44. The molecule has 2 aliphatic rings. The van der Waals surface area contributed by atoms with Crippen molar-refractivity contribution in [2.45, 2.75) is 25.9 Å². The molecule has 1 saturated heterocycles. The molecule has 2 heterocycles. The average molecular weight is 342 g/mol. The molecule has 0 spiro atoms. The van der Waals surface area contributed by atoms with Gasteiger partial charge in [-0.3, -0.25) is 0 Å². The second-order valence-corrected chi connectivity index (χ2v) is 6.96. The van der Waals surface area contributed by atoms with Crippen LogP contribution in [0, 0.1) is 0 Å². The molecule has 2 aromatic rings. The predicted molar refractivity (Wildman–Crippen MR) is 97.8 cm³/mol. The number of benzene rings is 2. The smallest absolute Gasteiger partial charge is 0.153 e. The minimum absolute atomic E-state index is 0.409. The van der Waals surface area contributed by atoms with E-state index in [2.05, 4.69) is 30.1 Å². The van der Waals surface area contributed by atoms with E-state index >= 15 is 0 Å². The number of halogens is 1. The highest BCUT2D eigenvalue weighted by Gasteiger charge is 2.28. The quantitative estimate of drug-likeness (QED) is 0.780. The summed E-state index contributed by atoms with van der Waals surface area (Å²) in [6, 6.07) is 14.5. The number of ether oxygens (including phenoxy) is 1. The third-order valence-electron chi connectivity index (χ3n) is 4.35. The van der Waals surface area contributed by atoms with Gasteiger partial charge in [-0.2, -0.15) is 0 Å². The monoisotopic (exact) mass is 341 g/mol. The van der Waals surface area contributed by atoms with E-state index in [1.54, 1.807) is 0 Å². The summed E-state index contributed by atoms with van der Waals surface area (Å²) in [7, 11) is 0. The first-order chi connectivity index (χ1) is 11.6. The summed E-state index contributed by atoms with van der Waals surface area (Å²) in [5.74, 6) is 2.51. The molecule has 2 aliphatic heterocycles. The number of hydrogen-bond acceptors (Lipinski definition) is 4. The maximum absolute atomic E-state index is 6.17. The molecule has 0 aliphatic carbocycles. The van der Waals surface area contributed by atoms with Gasteiger partial charge in [-0.1, -0.05) is 23.7 Å². The molecule has 0 radical (unpaired) electrons. The molecular weight excluding hydrogens is 322 g/mol. The summed E-state index contributed by atoms with van der Waals surface area (Å²) in [4.78, 5) is 7.28. The van der Waals surface area contributed by atoms with Crippen LogP contribution in [0.3, 0.4) is 0 Å². The number of amidine groups is 1. The molecule has 5 heteroatoms. The zero-order valence-corrected chi connectivity index (χ0v) is 14.5. The van der Waals surface area contributed by atoms with Crippen LogP contribution in [-0.2, 0) is 0 Å². The van der Waals surface area contributed by atoms with E-state index in [0.29, 0.717) is 17.1 Å². The summed E-state index contributed by atoms with van der Waals surface area (Å²) >= 11 is 6.17. The number of hydrogen-bond donors (Lipinski definition) is 1. The van der Waals surface area contributed by atoms with Crippen LogP contribution in [-0.4, -0.2) is 35.9 Å². The third kappa shape index (κ3) is 2.87. The van der Waals surface area contributed by atoms with Gasteiger partial charge in [-0.25, -0.2) is 4.99 Å². The van der Waals surface area contributed by atoms with Crippen LogP contribution in [0.25, 0.3) is 0 Å². The van der Waals surface area contributed by atoms with E-state index in [-0.39, 0.29) is 0 Å². The molecule has 24 heavy (non-hydrogen) atoms. The minimum Gasteiger partial charge on any atom is -0.454 e. The molecule has 1 fully saturated rings. The average Bonchev–Trinajstić information content (AvgIpc) is 2.70. The second kappa shape index (κ2) is 6.11. The largest absolute Gasteiger partial charge is 0.454 e. The zero-order valence-electron chi connectivity index (χ0n) is 13.8. The Morgan fingerprint density at radius 1 is 1.08 bits per heavy atom. The number of rotatable bonds is 0. The van der Waals surface area contributed by atoms with Crippen molar-refractivity contribution in [2.75, 3.05) is 13.1 Å². The lowest BCUT2D eigenvalue weighted by Crippen LogP contribution is -2.56. The summed E-state index contributed by atoms with van der Waals surface area (Å²) < 4.78 is 6.12. The van der Waals surface area contributed by atoms with Gasteiger partial charge in [0.1, 0.15) is 17.3 Å². The molecule has 0 aromatic heterocycles. The van der Waals surface area contributed by atoms with Crippen molar-refractivity contribution in [1.29, 1.82) is 0 Å². The first-order valence-electron chi connectivity index (χ1n) is 8.26. The Kier molecular flexibility index (Phi) is 3.94.